The molecule has 1 fully saturated rings. The Bertz CT molecular complexity index is 751. The van der Waals surface area contributed by atoms with Crippen LogP contribution in [-0.4, -0.2) is 17.4 Å². The van der Waals surface area contributed by atoms with E-state index in [0.29, 0.717) is 12.1 Å². The fourth-order valence-corrected chi connectivity index (χ4v) is 3.10. The van der Waals surface area contributed by atoms with Crippen molar-refractivity contribution in [2.24, 2.45) is 0 Å². The van der Waals surface area contributed by atoms with Gasteiger partial charge in [0.25, 0.3) is 0 Å². The van der Waals surface area contributed by atoms with Crippen molar-refractivity contribution in [3.8, 4) is 0 Å². The van der Waals surface area contributed by atoms with Crippen molar-refractivity contribution in [1.29, 1.82) is 0 Å². The molecule has 1 aliphatic rings. The van der Waals surface area contributed by atoms with E-state index in [1.54, 1.807) is 6.08 Å². The molecule has 3 rings (SSSR count). The molecule has 2 nitrogen and oxygen atoms in total. The van der Waals surface area contributed by atoms with Gasteiger partial charge >= 0.3 is 6.18 Å². The molecule has 1 heterocycles. The van der Waals surface area contributed by atoms with Crippen LogP contribution in [0.5, 0.6) is 0 Å². The van der Waals surface area contributed by atoms with Gasteiger partial charge in [0.2, 0.25) is 5.91 Å². The highest BCUT2D eigenvalue weighted by Gasteiger charge is 2.30. The van der Waals surface area contributed by atoms with E-state index >= 15 is 0 Å². The Morgan fingerprint density at radius 2 is 1.72 bits per heavy atom. The van der Waals surface area contributed by atoms with E-state index in [1.807, 2.05) is 35.2 Å². The second kappa shape index (κ2) is 7.13. The van der Waals surface area contributed by atoms with E-state index in [0.717, 1.165) is 30.5 Å². The molecule has 2 aromatic carbocycles. The first-order chi connectivity index (χ1) is 11.9. The van der Waals surface area contributed by atoms with Gasteiger partial charge in [0.1, 0.15) is 0 Å². The van der Waals surface area contributed by atoms with E-state index in [-0.39, 0.29) is 11.9 Å². The lowest BCUT2D eigenvalue weighted by atomic mass is 10.0. The molecule has 0 bridgehead atoms. The Morgan fingerprint density at radius 1 is 1.04 bits per heavy atom. The fourth-order valence-electron chi connectivity index (χ4n) is 3.10. The molecule has 1 aliphatic heterocycles. The van der Waals surface area contributed by atoms with Crippen LogP contribution in [0.3, 0.4) is 0 Å². The van der Waals surface area contributed by atoms with Crippen LogP contribution in [0.15, 0.2) is 60.7 Å². The minimum absolute atomic E-state index is 0.0611. The second-order valence-corrected chi connectivity index (χ2v) is 6.05. The standard InChI is InChI=1S/C20H18F3NO/c21-20(22,23)17-11-8-15(9-12-17)10-13-19(25)24-14-4-7-18(24)16-5-2-1-3-6-16/h1-3,5-6,8-13,18H,4,7,14H2/b13-10+. The summed E-state index contributed by atoms with van der Waals surface area (Å²) in [6.07, 6.45) is 0.506. The Labute approximate surface area is 144 Å². The summed E-state index contributed by atoms with van der Waals surface area (Å²) in [6.45, 7) is 0.690. The Hall–Kier alpha value is -2.56. The third-order valence-corrected chi connectivity index (χ3v) is 4.38. The second-order valence-electron chi connectivity index (χ2n) is 6.05. The summed E-state index contributed by atoms with van der Waals surface area (Å²) in [5.41, 5.74) is 0.979. The van der Waals surface area contributed by atoms with Crippen LogP contribution >= 0.6 is 0 Å². The molecule has 1 atom stereocenters. The first kappa shape index (κ1) is 17.3. The van der Waals surface area contributed by atoms with Crippen molar-refractivity contribution in [2.45, 2.75) is 25.1 Å². The third-order valence-electron chi connectivity index (χ3n) is 4.38. The van der Waals surface area contributed by atoms with E-state index < -0.39 is 11.7 Å². The minimum Gasteiger partial charge on any atom is -0.332 e. The molecular weight excluding hydrogens is 327 g/mol. The molecule has 0 aromatic heterocycles. The lowest BCUT2D eigenvalue weighted by molar-refractivity contribution is -0.137. The van der Waals surface area contributed by atoms with Gasteiger partial charge in [-0.2, -0.15) is 13.2 Å². The van der Waals surface area contributed by atoms with Gasteiger partial charge in [-0.05, 0) is 42.2 Å². The molecule has 0 saturated carbocycles. The zero-order chi connectivity index (χ0) is 17.9. The highest BCUT2D eigenvalue weighted by atomic mass is 19.4. The number of hydrogen-bond acceptors (Lipinski definition) is 1. The fraction of sp³-hybridized carbons (Fsp3) is 0.250. The quantitative estimate of drug-likeness (QED) is 0.710. The van der Waals surface area contributed by atoms with Gasteiger partial charge in [0.15, 0.2) is 0 Å². The SMILES string of the molecule is O=C(/C=C/c1ccc(C(F)(F)F)cc1)N1CCCC1c1ccccc1. The smallest absolute Gasteiger partial charge is 0.332 e. The highest BCUT2D eigenvalue weighted by molar-refractivity contribution is 5.92. The van der Waals surface area contributed by atoms with Crippen molar-refractivity contribution in [3.05, 3.63) is 77.4 Å². The number of likely N-dealkylation sites (tertiary alicyclic amines) is 1. The summed E-state index contributed by atoms with van der Waals surface area (Å²) in [5.74, 6) is -0.119. The van der Waals surface area contributed by atoms with E-state index in [1.165, 1.54) is 18.2 Å². The normalized spacial score (nSPS) is 18.0. The highest BCUT2D eigenvalue weighted by Crippen LogP contribution is 2.32. The summed E-state index contributed by atoms with van der Waals surface area (Å²) in [4.78, 5) is 14.3. The number of nitrogens with zero attached hydrogens (tertiary/aromatic N) is 1. The van der Waals surface area contributed by atoms with Crippen LogP contribution in [0.25, 0.3) is 6.08 Å². The Balaban J connectivity index is 1.70. The van der Waals surface area contributed by atoms with Crippen molar-refractivity contribution < 1.29 is 18.0 Å². The topological polar surface area (TPSA) is 20.3 Å². The lowest BCUT2D eigenvalue weighted by Crippen LogP contribution is -2.28. The van der Waals surface area contributed by atoms with Crippen LogP contribution in [0.2, 0.25) is 0 Å². The Kier molecular flexibility index (Phi) is 4.93. The summed E-state index contributed by atoms with van der Waals surface area (Å²) in [6, 6.07) is 14.7. The number of rotatable bonds is 3. The van der Waals surface area contributed by atoms with Crippen LogP contribution < -0.4 is 0 Å². The van der Waals surface area contributed by atoms with Gasteiger partial charge in [-0.3, -0.25) is 4.79 Å². The first-order valence-electron chi connectivity index (χ1n) is 8.16. The molecule has 1 saturated heterocycles. The van der Waals surface area contributed by atoms with Gasteiger partial charge in [-0.25, -0.2) is 0 Å². The van der Waals surface area contributed by atoms with Crippen molar-refractivity contribution >= 4 is 12.0 Å². The average molecular weight is 345 g/mol. The van der Waals surface area contributed by atoms with E-state index in [9.17, 15) is 18.0 Å². The van der Waals surface area contributed by atoms with E-state index in [2.05, 4.69) is 0 Å². The number of halogens is 3. The molecule has 1 amide bonds. The van der Waals surface area contributed by atoms with E-state index in [4.69, 9.17) is 0 Å². The maximum Gasteiger partial charge on any atom is 0.416 e. The van der Waals surface area contributed by atoms with Crippen molar-refractivity contribution in [1.82, 2.24) is 4.90 Å². The zero-order valence-corrected chi connectivity index (χ0v) is 13.5. The predicted octanol–water partition coefficient (Wildman–Crippen LogP) is 5.08. The van der Waals surface area contributed by atoms with Crippen LogP contribution in [0, 0.1) is 0 Å². The minimum atomic E-state index is -4.35. The molecule has 0 N–H and O–H groups in total. The lowest BCUT2D eigenvalue weighted by Gasteiger charge is -2.23. The zero-order valence-electron chi connectivity index (χ0n) is 13.5. The average Bonchev–Trinajstić information content (AvgIpc) is 3.10. The number of carbonyl (C=O) groups is 1. The third kappa shape index (κ3) is 4.10. The molecule has 0 radical (unpaired) electrons. The molecule has 1 unspecified atom stereocenters. The Morgan fingerprint density at radius 3 is 2.36 bits per heavy atom. The van der Waals surface area contributed by atoms with Gasteiger partial charge < -0.3 is 4.90 Å². The molecular formula is C20H18F3NO. The molecule has 25 heavy (non-hydrogen) atoms. The molecule has 2 aromatic rings. The maximum atomic E-state index is 12.6. The van der Waals surface area contributed by atoms with Crippen LogP contribution in [0.1, 0.15) is 35.6 Å². The summed E-state index contributed by atoms with van der Waals surface area (Å²) < 4.78 is 37.7. The van der Waals surface area contributed by atoms with Crippen molar-refractivity contribution in [3.63, 3.8) is 0 Å². The largest absolute Gasteiger partial charge is 0.416 e. The maximum absolute atomic E-state index is 12.6. The molecule has 0 spiro atoms. The van der Waals surface area contributed by atoms with Crippen LogP contribution in [0.4, 0.5) is 13.2 Å². The number of hydrogen-bond donors (Lipinski definition) is 0. The number of alkyl halides is 3. The van der Waals surface area contributed by atoms with Gasteiger partial charge in [0, 0.05) is 12.6 Å². The monoisotopic (exact) mass is 345 g/mol. The summed E-state index contributed by atoms with van der Waals surface area (Å²) in [7, 11) is 0. The molecule has 130 valence electrons. The van der Waals surface area contributed by atoms with Crippen molar-refractivity contribution in [2.75, 3.05) is 6.54 Å². The van der Waals surface area contributed by atoms with Crippen LogP contribution in [-0.2, 0) is 11.0 Å². The molecule has 5 heteroatoms. The van der Waals surface area contributed by atoms with Gasteiger partial charge in [0.05, 0.1) is 11.6 Å². The van der Waals surface area contributed by atoms with Gasteiger partial charge in [-0.15, -0.1) is 0 Å². The summed E-state index contributed by atoms with van der Waals surface area (Å²) >= 11 is 0. The molecule has 0 aliphatic carbocycles. The predicted molar refractivity (Wildman–Crippen MR) is 90.6 cm³/mol. The summed E-state index contributed by atoms with van der Waals surface area (Å²) in [5, 5.41) is 0. The number of carbonyl (C=O) groups excluding carboxylic acids is 1. The first-order valence-corrected chi connectivity index (χ1v) is 8.16. The number of benzene rings is 2. The number of amides is 1. The van der Waals surface area contributed by atoms with Gasteiger partial charge in [-0.1, -0.05) is 42.5 Å².